The van der Waals surface area contributed by atoms with E-state index in [1.54, 1.807) is 0 Å². The molecular formula is C26H36N2O2. The molecule has 30 heavy (non-hydrogen) atoms. The van der Waals surface area contributed by atoms with Crippen molar-refractivity contribution in [3.63, 3.8) is 0 Å². The van der Waals surface area contributed by atoms with Crippen molar-refractivity contribution in [3.8, 4) is 0 Å². The van der Waals surface area contributed by atoms with Crippen molar-refractivity contribution in [1.29, 1.82) is 0 Å². The number of esters is 1. The Morgan fingerprint density at radius 1 is 1.03 bits per heavy atom. The Bertz CT molecular complexity index is 705. The Kier molecular flexibility index (Phi) is 10.3. The fourth-order valence-electron chi connectivity index (χ4n) is 3.72. The van der Waals surface area contributed by atoms with Crippen LogP contribution in [0.25, 0.3) is 0 Å². The van der Waals surface area contributed by atoms with E-state index in [1.165, 1.54) is 18.1 Å². The van der Waals surface area contributed by atoms with Gasteiger partial charge in [0.05, 0.1) is 6.04 Å². The molecule has 2 rings (SSSR count). The topological polar surface area (TPSA) is 41.6 Å². The third kappa shape index (κ3) is 8.52. The summed E-state index contributed by atoms with van der Waals surface area (Å²) in [5, 5.41) is 3.55. The molecule has 0 radical (unpaired) electrons. The molecule has 4 heteroatoms. The fraction of sp³-hybridized carbons (Fsp3) is 0.423. The maximum Gasteiger partial charge on any atom is 0.302 e. The molecule has 2 aromatic carbocycles. The molecule has 0 aliphatic rings. The zero-order valence-corrected chi connectivity index (χ0v) is 18.6. The van der Waals surface area contributed by atoms with E-state index < -0.39 is 0 Å². The summed E-state index contributed by atoms with van der Waals surface area (Å²) in [4.78, 5) is 14.0. The second kappa shape index (κ2) is 13.0. The van der Waals surface area contributed by atoms with Gasteiger partial charge in [-0.25, -0.2) is 0 Å². The molecule has 0 unspecified atom stereocenters. The Morgan fingerprint density at radius 3 is 2.00 bits per heavy atom. The molecule has 4 nitrogen and oxygen atoms in total. The minimum atomic E-state index is -0.249. The summed E-state index contributed by atoms with van der Waals surface area (Å²) in [6.07, 6.45) is 2.85. The average molecular weight is 409 g/mol. The fourth-order valence-corrected chi connectivity index (χ4v) is 3.72. The zero-order valence-electron chi connectivity index (χ0n) is 18.6. The van der Waals surface area contributed by atoms with Crippen LogP contribution >= 0.6 is 0 Å². The van der Waals surface area contributed by atoms with Crippen LogP contribution in [-0.4, -0.2) is 36.1 Å². The normalized spacial score (nSPS) is 13.2. The van der Waals surface area contributed by atoms with Gasteiger partial charge in [-0.2, -0.15) is 0 Å². The predicted molar refractivity (Wildman–Crippen MR) is 124 cm³/mol. The maximum absolute atomic E-state index is 11.5. The first kappa shape index (κ1) is 23.8. The first-order valence-electron chi connectivity index (χ1n) is 10.8. The van der Waals surface area contributed by atoms with Crippen molar-refractivity contribution in [2.45, 2.75) is 52.4 Å². The number of hydrogen-bond donors (Lipinski definition) is 1. The third-order valence-corrected chi connectivity index (χ3v) is 5.09. The van der Waals surface area contributed by atoms with Crippen LogP contribution in [0, 0.1) is 5.92 Å². The molecule has 0 saturated heterocycles. The molecule has 0 aliphatic heterocycles. The average Bonchev–Trinajstić information content (AvgIpc) is 2.73. The highest BCUT2D eigenvalue weighted by Crippen LogP contribution is 2.22. The van der Waals surface area contributed by atoms with Gasteiger partial charge in [0.2, 0.25) is 0 Å². The summed E-state index contributed by atoms with van der Waals surface area (Å²) in [5.74, 6) is 0.260. The minimum absolute atomic E-state index is 0.0155. The van der Waals surface area contributed by atoms with Crippen molar-refractivity contribution in [1.82, 2.24) is 10.2 Å². The molecule has 162 valence electrons. The third-order valence-electron chi connectivity index (χ3n) is 5.09. The van der Waals surface area contributed by atoms with Crippen LogP contribution in [-0.2, 0) is 22.6 Å². The highest BCUT2D eigenvalue weighted by molar-refractivity contribution is 5.65. The highest BCUT2D eigenvalue weighted by Gasteiger charge is 2.29. The van der Waals surface area contributed by atoms with E-state index in [9.17, 15) is 4.79 Å². The van der Waals surface area contributed by atoms with Gasteiger partial charge in [0.25, 0.3) is 0 Å². The van der Waals surface area contributed by atoms with Crippen LogP contribution in [0.15, 0.2) is 73.3 Å². The molecule has 0 spiro atoms. The van der Waals surface area contributed by atoms with E-state index >= 15 is 0 Å². The van der Waals surface area contributed by atoms with E-state index in [2.05, 4.69) is 79.2 Å². The molecule has 0 heterocycles. The molecule has 0 bridgehead atoms. The van der Waals surface area contributed by atoms with Crippen molar-refractivity contribution >= 4 is 5.97 Å². The van der Waals surface area contributed by atoms with Gasteiger partial charge >= 0.3 is 5.97 Å². The number of ether oxygens (including phenoxy) is 1. The lowest BCUT2D eigenvalue weighted by molar-refractivity contribution is -0.142. The summed E-state index contributed by atoms with van der Waals surface area (Å²) < 4.78 is 5.45. The zero-order chi connectivity index (χ0) is 21.8. The minimum Gasteiger partial charge on any atom is -0.464 e. The number of carbonyl (C=O) groups excluding carboxylic acids is 1. The number of carbonyl (C=O) groups is 1. The van der Waals surface area contributed by atoms with Crippen molar-refractivity contribution in [2.24, 2.45) is 5.92 Å². The van der Waals surface area contributed by atoms with E-state index in [-0.39, 0.29) is 18.1 Å². The summed E-state index contributed by atoms with van der Waals surface area (Å²) in [6.45, 7) is 12.5. The van der Waals surface area contributed by atoms with E-state index in [4.69, 9.17) is 4.74 Å². The molecule has 1 N–H and O–H groups in total. The number of nitrogens with one attached hydrogen (secondary N) is 1. The number of nitrogens with zero attached hydrogens (tertiary/aromatic N) is 1. The van der Waals surface area contributed by atoms with Gasteiger partial charge in [0.15, 0.2) is 0 Å². The van der Waals surface area contributed by atoms with Crippen LogP contribution in [0.2, 0.25) is 0 Å². The second-order valence-corrected chi connectivity index (χ2v) is 8.18. The first-order chi connectivity index (χ1) is 14.5. The molecule has 0 aromatic heterocycles. The lowest BCUT2D eigenvalue weighted by atomic mass is 9.94. The highest BCUT2D eigenvalue weighted by atomic mass is 16.5. The van der Waals surface area contributed by atoms with Crippen LogP contribution in [0.1, 0.15) is 38.3 Å². The summed E-state index contributed by atoms with van der Waals surface area (Å²) in [6, 6.07) is 21.3. The van der Waals surface area contributed by atoms with Gasteiger partial charge in [-0.05, 0) is 23.5 Å². The van der Waals surface area contributed by atoms with Crippen LogP contribution in [0.4, 0.5) is 0 Å². The first-order valence-corrected chi connectivity index (χ1v) is 10.8. The van der Waals surface area contributed by atoms with Crippen LogP contribution in [0.5, 0.6) is 0 Å². The Labute approximate surface area is 181 Å². The molecule has 0 saturated carbocycles. The Morgan fingerprint density at radius 2 is 1.57 bits per heavy atom. The van der Waals surface area contributed by atoms with Crippen LogP contribution in [0.3, 0.4) is 0 Å². The molecule has 0 fully saturated rings. The quantitative estimate of drug-likeness (QED) is 0.381. The lowest BCUT2D eigenvalue weighted by Gasteiger charge is -2.38. The van der Waals surface area contributed by atoms with Crippen LogP contribution < -0.4 is 5.32 Å². The molecular weight excluding hydrogens is 372 g/mol. The number of hydrogen-bond acceptors (Lipinski definition) is 4. The van der Waals surface area contributed by atoms with Gasteiger partial charge in [-0.1, -0.05) is 80.6 Å². The van der Waals surface area contributed by atoms with Gasteiger partial charge in [-0.3, -0.25) is 9.69 Å². The predicted octanol–water partition coefficient (Wildman–Crippen LogP) is 4.81. The summed E-state index contributed by atoms with van der Waals surface area (Å²) in [7, 11) is 0. The smallest absolute Gasteiger partial charge is 0.302 e. The van der Waals surface area contributed by atoms with Crippen molar-refractivity contribution < 1.29 is 9.53 Å². The summed E-state index contributed by atoms with van der Waals surface area (Å²) in [5.41, 5.74) is 2.55. The standard InChI is InChI=1S/C26H36N2O2/c1-5-16-27-25(20-30-22(4)29)26(17-21(2)3)28(18-23-12-8-6-9-13-23)19-24-14-10-7-11-15-24/h5-15,21,25-27H,1,16-20H2,2-4H3/t25-,26-/m0/s1. The van der Waals surface area contributed by atoms with E-state index in [0.29, 0.717) is 19.1 Å². The second-order valence-electron chi connectivity index (χ2n) is 8.18. The van der Waals surface area contributed by atoms with Gasteiger partial charge in [-0.15, -0.1) is 6.58 Å². The van der Waals surface area contributed by atoms with Crippen molar-refractivity contribution in [3.05, 3.63) is 84.4 Å². The maximum atomic E-state index is 11.5. The molecule has 0 aliphatic carbocycles. The molecule has 2 aromatic rings. The summed E-state index contributed by atoms with van der Waals surface area (Å²) >= 11 is 0. The Balaban J connectivity index is 2.35. The lowest BCUT2D eigenvalue weighted by Crippen LogP contribution is -2.52. The monoisotopic (exact) mass is 408 g/mol. The number of rotatable bonds is 13. The van der Waals surface area contributed by atoms with Gasteiger partial charge < -0.3 is 10.1 Å². The van der Waals surface area contributed by atoms with Crippen molar-refractivity contribution in [2.75, 3.05) is 13.2 Å². The van der Waals surface area contributed by atoms with E-state index in [1.807, 2.05) is 18.2 Å². The van der Waals surface area contributed by atoms with E-state index in [0.717, 1.165) is 19.5 Å². The molecule has 2 atom stereocenters. The largest absolute Gasteiger partial charge is 0.464 e. The van der Waals surface area contributed by atoms with Gasteiger partial charge in [0.1, 0.15) is 6.61 Å². The molecule has 0 amide bonds. The number of benzene rings is 2. The Hall–Kier alpha value is -2.43. The SMILES string of the molecule is C=CCN[C@@H](COC(C)=O)[C@H](CC(C)C)N(Cc1ccccc1)Cc1ccccc1. The van der Waals surface area contributed by atoms with Gasteiger partial charge in [0, 0.05) is 32.6 Å².